The van der Waals surface area contributed by atoms with Gasteiger partial charge < -0.3 is 15.3 Å². The molecule has 4 nitrogen and oxygen atoms in total. The number of aliphatic hydroxyl groups excluding tert-OH is 1. The van der Waals surface area contributed by atoms with Crippen molar-refractivity contribution in [2.75, 3.05) is 25.5 Å². The van der Waals surface area contributed by atoms with Gasteiger partial charge in [0.25, 0.3) is 5.91 Å². The van der Waals surface area contributed by atoms with Crippen molar-refractivity contribution in [2.24, 2.45) is 0 Å². The molecular formula is C16H24N2O2. The predicted molar refractivity (Wildman–Crippen MR) is 81.1 cm³/mol. The fourth-order valence-electron chi connectivity index (χ4n) is 2.99. The van der Waals surface area contributed by atoms with Crippen molar-refractivity contribution in [3.8, 4) is 0 Å². The van der Waals surface area contributed by atoms with E-state index in [2.05, 4.69) is 5.32 Å². The lowest BCUT2D eigenvalue weighted by atomic mass is 10.0. The van der Waals surface area contributed by atoms with Crippen LogP contribution in [-0.2, 0) is 0 Å². The fourth-order valence-corrected chi connectivity index (χ4v) is 2.99. The average Bonchev–Trinajstić information content (AvgIpc) is 2.97. The Labute approximate surface area is 120 Å². The maximum atomic E-state index is 12.7. The van der Waals surface area contributed by atoms with Gasteiger partial charge in [0.2, 0.25) is 0 Å². The van der Waals surface area contributed by atoms with E-state index in [1.165, 1.54) is 12.8 Å². The molecule has 0 spiro atoms. The van der Waals surface area contributed by atoms with Gasteiger partial charge in [-0.25, -0.2) is 0 Å². The monoisotopic (exact) mass is 276 g/mol. The zero-order valence-electron chi connectivity index (χ0n) is 12.4. The lowest BCUT2D eigenvalue weighted by Crippen LogP contribution is -2.41. The second-order valence-corrected chi connectivity index (χ2v) is 5.44. The molecule has 2 N–H and O–H groups in total. The van der Waals surface area contributed by atoms with Gasteiger partial charge in [0.1, 0.15) is 0 Å². The number of rotatable bonds is 5. The molecule has 1 aliphatic rings. The van der Waals surface area contributed by atoms with Crippen molar-refractivity contribution in [2.45, 2.75) is 38.6 Å². The molecule has 0 radical (unpaired) electrons. The third kappa shape index (κ3) is 3.12. The highest BCUT2D eigenvalue weighted by Gasteiger charge is 2.27. The molecular weight excluding hydrogens is 252 g/mol. The summed E-state index contributed by atoms with van der Waals surface area (Å²) >= 11 is 0. The van der Waals surface area contributed by atoms with Crippen LogP contribution in [0.3, 0.4) is 0 Å². The summed E-state index contributed by atoms with van der Waals surface area (Å²) in [6, 6.07) is 6.08. The number of aryl methyl sites for hydroxylation is 1. The Morgan fingerprint density at radius 1 is 1.40 bits per heavy atom. The Balaban J connectivity index is 2.22. The summed E-state index contributed by atoms with van der Waals surface area (Å²) in [5.41, 5.74) is 2.72. The van der Waals surface area contributed by atoms with Crippen LogP contribution in [0.1, 0.15) is 41.6 Å². The highest BCUT2D eigenvalue weighted by atomic mass is 16.3. The minimum atomic E-state index is 0.0237. The molecule has 1 aromatic carbocycles. The van der Waals surface area contributed by atoms with E-state index in [0.717, 1.165) is 29.7 Å². The molecule has 110 valence electrons. The first kappa shape index (κ1) is 14.9. The number of carbonyl (C=O) groups is 1. The molecule has 0 atom stereocenters. The maximum absolute atomic E-state index is 12.7. The van der Waals surface area contributed by atoms with E-state index in [-0.39, 0.29) is 18.6 Å². The molecule has 1 amide bonds. The van der Waals surface area contributed by atoms with Crippen molar-refractivity contribution < 1.29 is 9.90 Å². The van der Waals surface area contributed by atoms with Gasteiger partial charge in [-0.05, 0) is 43.5 Å². The van der Waals surface area contributed by atoms with Gasteiger partial charge in [0.15, 0.2) is 0 Å². The zero-order chi connectivity index (χ0) is 14.5. The molecule has 0 saturated heterocycles. The molecule has 0 aromatic heterocycles. The van der Waals surface area contributed by atoms with E-state index in [0.29, 0.717) is 6.54 Å². The first-order chi connectivity index (χ1) is 9.67. The third-order valence-corrected chi connectivity index (χ3v) is 4.11. The topological polar surface area (TPSA) is 52.6 Å². The van der Waals surface area contributed by atoms with Gasteiger partial charge in [-0.3, -0.25) is 4.79 Å². The summed E-state index contributed by atoms with van der Waals surface area (Å²) in [4.78, 5) is 14.6. The van der Waals surface area contributed by atoms with Crippen LogP contribution in [0.5, 0.6) is 0 Å². The maximum Gasteiger partial charge on any atom is 0.254 e. The van der Waals surface area contributed by atoms with Crippen molar-refractivity contribution in [3.63, 3.8) is 0 Å². The molecule has 0 heterocycles. The van der Waals surface area contributed by atoms with Crippen LogP contribution in [0.25, 0.3) is 0 Å². The van der Waals surface area contributed by atoms with Gasteiger partial charge in [-0.1, -0.05) is 12.8 Å². The number of aliphatic hydroxyl groups is 1. The lowest BCUT2D eigenvalue weighted by molar-refractivity contribution is 0.0637. The Kier molecular flexibility index (Phi) is 5.01. The third-order valence-electron chi connectivity index (χ3n) is 4.11. The summed E-state index contributed by atoms with van der Waals surface area (Å²) < 4.78 is 0. The first-order valence-corrected chi connectivity index (χ1v) is 7.37. The molecule has 2 rings (SSSR count). The number of carbonyl (C=O) groups excluding carboxylic acids is 1. The van der Waals surface area contributed by atoms with E-state index in [1.807, 2.05) is 37.1 Å². The second-order valence-electron chi connectivity index (χ2n) is 5.44. The van der Waals surface area contributed by atoms with Crippen LogP contribution in [0.4, 0.5) is 5.69 Å². The SMILES string of the molecule is CNc1ccc(C(=O)N(CCO)C2CCCC2)c(C)c1. The number of anilines is 1. The molecule has 1 saturated carbocycles. The molecule has 0 unspecified atom stereocenters. The Morgan fingerprint density at radius 3 is 2.65 bits per heavy atom. The average molecular weight is 276 g/mol. The molecule has 1 aromatic rings. The van der Waals surface area contributed by atoms with Crippen molar-refractivity contribution in [1.29, 1.82) is 0 Å². The summed E-state index contributed by atoms with van der Waals surface area (Å²) in [7, 11) is 1.87. The van der Waals surface area contributed by atoms with Crippen molar-refractivity contribution >= 4 is 11.6 Å². The molecule has 0 aliphatic heterocycles. The van der Waals surface area contributed by atoms with Crippen LogP contribution in [-0.4, -0.2) is 42.2 Å². The zero-order valence-corrected chi connectivity index (χ0v) is 12.4. The quantitative estimate of drug-likeness (QED) is 0.868. The molecule has 1 fully saturated rings. The Morgan fingerprint density at radius 2 is 2.10 bits per heavy atom. The number of amides is 1. The number of nitrogens with one attached hydrogen (secondary N) is 1. The van der Waals surface area contributed by atoms with Crippen molar-refractivity contribution in [3.05, 3.63) is 29.3 Å². The Bertz CT molecular complexity index is 468. The number of benzene rings is 1. The van der Waals surface area contributed by atoms with Crippen LogP contribution in [0.15, 0.2) is 18.2 Å². The van der Waals surface area contributed by atoms with E-state index in [1.54, 1.807) is 0 Å². The van der Waals surface area contributed by atoms with Crippen molar-refractivity contribution in [1.82, 2.24) is 4.90 Å². The van der Waals surface area contributed by atoms with E-state index < -0.39 is 0 Å². The summed E-state index contributed by atoms with van der Waals surface area (Å²) in [5.74, 6) is 0.0473. The van der Waals surface area contributed by atoms with Crippen LogP contribution >= 0.6 is 0 Å². The first-order valence-electron chi connectivity index (χ1n) is 7.37. The van der Waals surface area contributed by atoms with Gasteiger partial charge in [0.05, 0.1) is 6.61 Å². The summed E-state index contributed by atoms with van der Waals surface area (Å²) in [5, 5.41) is 12.3. The minimum Gasteiger partial charge on any atom is -0.395 e. The normalized spacial score (nSPS) is 15.3. The number of nitrogens with zero attached hydrogens (tertiary/aromatic N) is 1. The van der Waals surface area contributed by atoms with Gasteiger partial charge in [-0.15, -0.1) is 0 Å². The minimum absolute atomic E-state index is 0.0237. The van der Waals surface area contributed by atoms with Crippen LogP contribution in [0.2, 0.25) is 0 Å². The molecule has 0 bridgehead atoms. The largest absolute Gasteiger partial charge is 0.395 e. The van der Waals surface area contributed by atoms with Gasteiger partial charge in [-0.2, -0.15) is 0 Å². The number of hydrogen-bond donors (Lipinski definition) is 2. The predicted octanol–water partition coefficient (Wildman–Crippen LogP) is 2.41. The van der Waals surface area contributed by atoms with E-state index >= 15 is 0 Å². The standard InChI is InChI=1S/C16H24N2O2/c1-12-11-13(17-2)7-8-15(12)16(20)18(9-10-19)14-5-3-4-6-14/h7-8,11,14,17,19H,3-6,9-10H2,1-2H3. The lowest BCUT2D eigenvalue weighted by Gasteiger charge is -2.29. The number of hydrogen-bond acceptors (Lipinski definition) is 3. The highest BCUT2D eigenvalue weighted by molar-refractivity contribution is 5.96. The molecule has 20 heavy (non-hydrogen) atoms. The summed E-state index contributed by atoms with van der Waals surface area (Å²) in [6.45, 7) is 2.41. The smallest absolute Gasteiger partial charge is 0.254 e. The van der Waals surface area contributed by atoms with Gasteiger partial charge in [0, 0.05) is 30.9 Å². The Hall–Kier alpha value is -1.55. The van der Waals surface area contributed by atoms with E-state index in [4.69, 9.17) is 0 Å². The summed E-state index contributed by atoms with van der Waals surface area (Å²) in [6.07, 6.45) is 4.47. The van der Waals surface area contributed by atoms with Gasteiger partial charge >= 0.3 is 0 Å². The molecule has 4 heteroatoms. The van der Waals surface area contributed by atoms with Crippen LogP contribution < -0.4 is 5.32 Å². The van der Waals surface area contributed by atoms with E-state index in [9.17, 15) is 9.90 Å². The second kappa shape index (κ2) is 6.75. The van der Waals surface area contributed by atoms with Crippen LogP contribution in [0, 0.1) is 6.92 Å². The molecule has 1 aliphatic carbocycles. The fraction of sp³-hybridized carbons (Fsp3) is 0.562. The highest BCUT2D eigenvalue weighted by Crippen LogP contribution is 2.26.